The summed E-state index contributed by atoms with van der Waals surface area (Å²) in [5, 5.41) is 11.7. The van der Waals surface area contributed by atoms with Gasteiger partial charge in [0, 0.05) is 20.6 Å². The number of carbonyl (C=O) groups is 2. The average Bonchev–Trinajstić information content (AvgIpc) is 3.19. The predicted molar refractivity (Wildman–Crippen MR) is 155 cm³/mol. The Bertz CT molecular complexity index is 1460. The zero-order valence-corrected chi connectivity index (χ0v) is 23.7. The van der Waals surface area contributed by atoms with Gasteiger partial charge < -0.3 is 14.6 Å². The van der Waals surface area contributed by atoms with Gasteiger partial charge in [0.1, 0.15) is 28.7 Å². The van der Waals surface area contributed by atoms with E-state index in [0.717, 1.165) is 27.4 Å². The number of thioether (sulfide) groups is 1. The number of ether oxygens (including phenoxy) is 2. The van der Waals surface area contributed by atoms with E-state index < -0.39 is 11.9 Å². The van der Waals surface area contributed by atoms with Crippen LogP contribution in [0.1, 0.15) is 34.0 Å². The monoisotopic (exact) mass is 611 g/mol. The highest BCUT2D eigenvalue weighted by atomic mass is 79.9. The molecular formula is C29H23BrClNO5S. The molecule has 38 heavy (non-hydrogen) atoms. The number of hydrogen-bond donors (Lipinski definition) is 1. The van der Waals surface area contributed by atoms with Gasteiger partial charge in [-0.1, -0.05) is 69.1 Å². The first kappa shape index (κ1) is 27.7. The molecule has 194 valence electrons. The van der Waals surface area contributed by atoms with Gasteiger partial charge in [0.15, 0.2) is 0 Å². The van der Waals surface area contributed by atoms with Crippen molar-refractivity contribution in [2.75, 3.05) is 6.61 Å². The molecule has 4 rings (SSSR count). The summed E-state index contributed by atoms with van der Waals surface area (Å²) >= 11 is 10.5. The molecule has 0 atom stereocenters. The van der Waals surface area contributed by atoms with Crippen LogP contribution in [0.4, 0.5) is 0 Å². The fourth-order valence-electron chi connectivity index (χ4n) is 3.49. The Morgan fingerprint density at radius 3 is 2.47 bits per heavy atom. The van der Waals surface area contributed by atoms with Crippen molar-refractivity contribution < 1.29 is 24.2 Å². The molecule has 1 aliphatic rings. The Balaban J connectivity index is 1.68. The highest BCUT2D eigenvalue weighted by molar-refractivity contribution is 9.10. The van der Waals surface area contributed by atoms with Crippen molar-refractivity contribution in [3.63, 3.8) is 0 Å². The van der Waals surface area contributed by atoms with E-state index in [2.05, 4.69) is 20.9 Å². The molecule has 0 aromatic heterocycles. The molecule has 1 heterocycles. The third-order valence-electron chi connectivity index (χ3n) is 5.44. The minimum Gasteiger partial charge on any atom is -0.506 e. The summed E-state index contributed by atoms with van der Waals surface area (Å²) in [7, 11) is 0. The van der Waals surface area contributed by atoms with Crippen molar-refractivity contribution in [1.29, 1.82) is 0 Å². The standard InChI is InChI=1S/C29H23BrClNO5S/c1-3-36-29(35)25-26(33)24(38-28(25)32-27(34)19-8-4-17(2)5-9-19)15-20-14-21(30)10-13-23(20)37-16-18-6-11-22(31)12-7-18/h4-15,33H,3,16H2,1-2H3/b24-15-,32-28?. The summed E-state index contributed by atoms with van der Waals surface area (Å²) in [6, 6.07) is 19.7. The van der Waals surface area contributed by atoms with Crippen LogP contribution in [0.15, 0.2) is 92.4 Å². The predicted octanol–water partition coefficient (Wildman–Crippen LogP) is 7.69. The Kier molecular flexibility index (Phi) is 9.09. The Hall–Kier alpha value is -3.33. The third kappa shape index (κ3) is 6.75. The van der Waals surface area contributed by atoms with Crippen molar-refractivity contribution >= 4 is 62.3 Å². The van der Waals surface area contributed by atoms with Gasteiger partial charge in [-0.15, -0.1) is 0 Å². The number of aliphatic hydroxyl groups excluding tert-OH is 1. The summed E-state index contributed by atoms with van der Waals surface area (Å²) in [5.74, 6) is -1.04. The molecule has 0 radical (unpaired) electrons. The summed E-state index contributed by atoms with van der Waals surface area (Å²) in [6.45, 7) is 3.98. The van der Waals surface area contributed by atoms with E-state index in [1.54, 1.807) is 55.5 Å². The quantitative estimate of drug-likeness (QED) is 0.275. The SMILES string of the molecule is CCOC(=O)C1=C(O)/C(=C/c2cc(Br)ccc2OCc2ccc(Cl)cc2)SC1=NC(=O)c1ccc(C)cc1. The van der Waals surface area contributed by atoms with Crippen LogP contribution < -0.4 is 4.74 Å². The number of aliphatic hydroxyl groups is 1. The number of aryl methyl sites for hydroxylation is 1. The summed E-state index contributed by atoms with van der Waals surface area (Å²) in [5.41, 5.74) is 2.80. The number of halogens is 2. The third-order valence-corrected chi connectivity index (χ3v) is 7.20. The van der Waals surface area contributed by atoms with Crippen LogP contribution in [0.5, 0.6) is 5.75 Å². The topological polar surface area (TPSA) is 85.2 Å². The molecule has 0 saturated carbocycles. The Morgan fingerprint density at radius 1 is 1.08 bits per heavy atom. The van der Waals surface area contributed by atoms with E-state index >= 15 is 0 Å². The summed E-state index contributed by atoms with van der Waals surface area (Å²) < 4.78 is 12.0. The molecule has 6 nitrogen and oxygen atoms in total. The molecule has 0 aliphatic carbocycles. The molecule has 0 unspecified atom stereocenters. The molecule has 9 heteroatoms. The maximum absolute atomic E-state index is 12.8. The fourth-order valence-corrected chi connectivity index (χ4v) is 5.00. The summed E-state index contributed by atoms with van der Waals surface area (Å²) in [4.78, 5) is 30.0. The lowest BCUT2D eigenvalue weighted by Crippen LogP contribution is -2.14. The lowest BCUT2D eigenvalue weighted by Gasteiger charge is -2.11. The average molecular weight is 613 g/mol. The highest BCUT2D eigenvalue weighted by Gasteiger charge is 2.34. The lowest BCUT2D eigenvalue weighted by atomic mass is 10.1. The van der Waals surface area contributed by atoms with E-state index in [1.165, 1.54) is 0 Å². The largest absolute Gasteiger partial charge is 0.506 e. The van der Waals surface area contributed by atoms with Crippen LogP contribution in [0, 0.1) is 6.92 Å². The normalized spacial score (nSPS) is 15.3. The first-order chi connectivity index (χ1) is 18.2. The zero-order valence-electron chi connectivity index (χ0n) is 20.5. The minimum atomic E-state index is -0.759. The van der Waals surface area contributed by atoms with Crippen molar-refractivity contribution in [3.05, 3.63) is 115 Å². The smallest absolute Gasteiger partial charge is 0.344 e. The van der Waals surface area contributed by atoms with Crippen molar-refractivity contribution in [1.82, 2.24) is 0 Å². The van der Waals surface area contributed by atoms with Gasteiger partial charge >= 0.3 is 5.97 Å². The number of aliphatic imine (C=N–C) groups is 1. The van der Waals surface area contributed by atoms with Crippen LogP contribution >= 0.6 is 39.3 Å². The molecule has 3 aromatic carbocycles. The van der Waals surface area contributed by atoms with Gasteiger partial charge in [0.2, 0.25) is 0 Å². The molecule has 0 fully saturated rings. The second-order valence-corrected chi connectivity index (χ2v) is 10.6. The number of hydrogen-bond acceptors (Lipinski definition) is 6. The van der Waals surface area contributed by atoms with E-state index in [0.29, 0.717) is 33.4 Å². The molecular weight excluding hydrogens is 590 g/mol. The highest BCUT2D eigenvalue weighted by Crippen LogP contribution is 2.40. The van der Waals surface area contributed by atoms with E-state index in [4.69, 9.17) is 21.1 Å². The lowest BCUT2D eigenvalue weighted by molar-refractivity contribution is -0.138. The van der Waals surface area contributed by atoms with Crippen LogP contribution in [-0.4, -0.2) is 28.6 Å². The van der Waals surface area contributed by atoms with Gasteiger partial charge in [0.25, 0.3) is 5.91 Å². The minimum absolute atomic E-state index is 0.0661. The van der Waals surface area contributed by atoms with Crippen LogP contribution in [0.2, 0.25) is 5.02 Å². The first-order valence-electron chi connectivity index (χ1n) is 11.6. The van der Waals surface area contributed by atoms with Gasteiger partial charge in [-0.3, -0.25) is 4.79 Å². The molecule has 1 amide bonds. The second kappa shape index (κ2) is 12.5. The van der Waals surface area contributed by atoms with Crippen molar-refractivity contribution in [3.8, 4) is 5.75 Å². The molecule has 1 aliphatic heterocycles. The van der Waals surface area contributed by atoms with Crippen LogP contribution in [0.25, 0.3) is 6.08 Å². The van der Waals surface area contributed by atoms with Crippen LogP contribution in [-0.2, 0) is 16.1 Å². The zero-order chi connectivity index (χ0) is 27.2. The van der Waals surface area contributed by atoms with Gasteiger partial charge in [-0.05, 0) is 68.0 Å². The van der Waals surface area contributed by atoms with E-state index in [1.807, 2.05) is 31.2 Å². The second-order valence-electron chi connectivity index (χ2n) is 8.24. The number of esters is 1. The molecule has 0 saturated heterocycles. The number of nitrogens with zero attached hydrogens (tertiary/aromatic N) is 1. The maximum Gasteiger partial charge on any atom is 0.344 e. The van der Waals surface area contributed by atoms with E-state index in [9.17, 15) is 14.7 Å². The number of amides is 1. The van der Waals surface area contributed by atoms with Crippen molar-refractivity contribution in [2.45, 2.75) is 20.5 Å². The van der Waals surface area contributed by atoms with E-state index in [-0.39, 0.29) is 23.0 Å². The fraction of sp³-hybridized carbons (Fsp3) is 0.138. The molecule has 1 N–H and O–H groups in total. The maximum atomic E-state index is 12.8. The van der Waals surface area contributed by atoms with Gasteiger partial charge in [-0.2, -0.15) is 0 Å². The molecule has 0 spiro atoms. The molecule has 0 bridgehead atoms. The summed E-state index contributed by atoms with van der Waals surface area (Å²) in [6.07, 6.45) is 1.68. The number of benzene rings is 3. The Morgan fingerprint density at radius 2 is 1.79 bits per heavy atom. The first-order valence-corrected chi connectivity index (χ1v) is 13.6. The number of carbonyl (C=O) groups excluding carboxylic acids is 2. The van der Waals surface area contributed by atoms with Gasteiger partial charge in [0.05, 0.1) is 11.5 Å². The number of rotatable bonds is 7. The van der Waals surface area contributed by atoms with Gasteiger partial charge in [-0.25, -0.2) is 9.79 Å². The molecule has 3 aromatic rings. The van der Waals surface area contributed by atoms with Crippen molar-refractivity contribution in [2.24, 2.45) is 4.99 Å². The van der Waals surface area contributed by atoms with Crippen LogP contribution in [0.3, 0.4) is 0 Å². The Labute approximate surface area is 238 Å².